The standard InChI is InChI=1S/C17H15FN2O5/c18-13-7-4-12(5-8-13)6-9-17(22)25-11-16(21)19-14-2-1-3-15(10-14)20(23)24/h1-5,7-8,10H,6,9,11H2,(H,19,21). The first-order valence-electron chi connectivity index (χ1n) is 7.38. The van der Waals surface area contributed by atoms with Crippen molar-refractivity contribution in [2.24, 2.45) is 0 Å². The van der Waals surface area contributed by atoms with Crippen molar-refractivity contribution in [3.63, 3.8) is 0 Å². The molecule has 0 radical (unpaired) electrons. The number of carbonyl (C=O) groups excluding carboxylic acids is 2. The van der Waals surface area contributed by atoms with Gasteiger partial charge in [0.15, 0.2) is 6.61 Å². The van der Waals surface area contributed by atoms with Crippen LogP contribution in [0.1, 0.15) is 12.0 Å². The van der Waals surface area contributed by atoms with Crippen LogP contribution in [0.15, 0.2) is 48.5 Å². The van der Waals surface area contributed by atoms with Crippen LogP contribution in [0.3, 0.4) is 0 Å². The molecule has 0 atom stereocenters. The highest BCUT2D eigenvalue weighted by Gasteiger charge is 2.11. The van der Waals surface area contributed by atoms with E-state index in [4.69, 9.17) is 4.74 Å². The first-order valence-corrected chi connectivity index (χ1v) is 7.38. The van der Waals surface area contributed by atoms with E-state index in [1.165, 1.54) is 36.4 Å². The van der Waals surface area contributed by atoms with Crippen LogP contribution in [0.25, 0.3) is 0 Å². The van der Waals surface area contributed by atoms with Gasteiger partial charge in [-0.05, 0) is 30.2 Å². The molecule has 2 rings (SSSR count). The van der Waals surface area contributed by atoms with Gasteiger partial charge in [-0.25, -0.2) is 4.39 Å². The third-order valence-electron chi connectivity index (χ3n) is 3.24. The van der Waals surface area contributed by atoms with E-state index in [9.17, 15) is 24.1 Å². The highest BCUT2D eigenvalue weighted by molar-refractivity contribution is 5.93. The van der Waals surface area contributed by atoms with Crippen LogP contribution in [0.2, 0.25) is 0 Å². The van der Waals surface area contributed by atoms with E-state index >= 15 is 0 Å². The molecule has 2 aromatic rings. The summed E-state index contributed by atoms with van der Waals surface area (Å²) in [4.78, 5) is 33.4. The van der Waals surface area contributed by atoms with Gasteiger partial charge in [0.05, 0.1) is 4.92 Å². The second kappa shape index (κ2) is 8.53. The fourth-order valence-electron chi connectivity index (χ4n) is 2.01. The number of carbonyl (C=O) groups is 2. The van der Waals surface area contributed by atoms with Gasteiger partial charge in [0.1, 0.15) is 5.82 Å². The van der Waals surface area contributed by atoms with E-state index in [-0.39, 0.29) is 23.6 Å². The number of aryl methyl sites for hydroxylation is 1. The van der Waals surface area contributed by atoms with Crippen molar-refractivity contribution < 1.29 is 23.6 Å². The van der Waals surface area contributed by atoms with Crippen molar-refractivity contribution >= 4 is 23.3 Å². The number of ether oxygens (including phenoxy) is 1. The lowest BCUT2D eigenvalue weighted by Crippen LogP contribution is -2.21. The number of nitro benzene ring substituents is 1. The zero-order valence-corrected chi connectivity index (χ0v) is 13.1. The van der Waals surface area contributed by atoms with Gasteiger partial charge < -0.3 is 10.1 Å². The molecule has 0 bridgehead atoms. The normalized spacial score (nSPS) is 10.1. The van der Waals surface area contributed by atoms with Gasteiger partial charge in [-0.1, -0.05) is 18.2 Å². The molecule has 0 aliphatic heterocycles. The predicted octanol–water partition coefficient (Wildman–Crippen LogP) is 2.85. The van der Waals surface area contributed by atoms with Crippen molar-refractivity contribution in [2.45, 2.75) is 12.8 Å². The summed E-state index contributed by atoms with van der Waals surface area (Å²) in [6.07, 6.45) is 0.418. The summed E-state index contributed by atoms with van der Waals surface area (Å²) in [6, 6.07) is 11.2. The molecule has 0 saturated carbocycles. The largest absolute Gasteiger partial charge is 0.456 e. The maximum absolute atomic E-state index is 12.8. The number of nitrogens with one attached hydrogen (secondary N) is 1. The number of anilines is 1. The Kier molecular flexibility index (Phi) is 6.16. The topological polar surface area (TPSA) is 98.5 Å². The summed E-state index contributed by atoms with van der Waals surface area (Å²) < 4.78 is 17.6. The van der Waals surface area contributed by atoms with Crippen LogP contribution < -0.4 is 5.32 Å². The Bertz CT molecular complexity index is 777. The third kappa shape index (κ3) is 6.02. The van der Waals surface area contributed by atoms with E-state index in [2.05, 4.69) is 5.32 Å². The number of nitro groups is 1. The second-order valence-corrected chi connectivity index (χ2v) is 5.14. The highest BCUT2D eigenvalue weighted by Crippen LogP contribution is 2.16. The number of rotatable bonds is 7. The first kappa shape index (κ1) is 18.1. The minimum atomic E-state index is -0.601. The van der Waals surface area contributed by atoms with Crippen molar-refractivity contribution in [3.8, 4) is 0 Å². The number of hydrogen-bond donors (Lipinski definition) is 1. The van der Waals surface area contributed by atoms with Crippen molar-refractivity contribution in [2.75, 3.05) is 11.9 Å². The summed E-state index contributed by atoms with van der Waals surface area (Å²) in [5.74, 6) is -1.53. The number of non-ortho nitro benzene ring substituents is 1. The molecule has 0 saturated heterocycles. The zero-order chi connectivity index (χ0) is 18.2. The number of halogens is 1. The fourth-order valence-corrected chi connectivity index (χ4v) is 2.01. The molecule has 0 aromatic heterocycles. The lowest BCUT2D eigenvalue weighted by Gasteiger charge is -2.07. The summed E-state index contributed by atoms with van der Waals surface area (Å²) >= 11 is 0. The molecule has 130 valence electrons. The van der Waals surface area contributed by atoms with Gasteiger partial charge in [0.25, 0.3) is 11.6 Å². The zero-order valence-electron chi connectivity index (χ0n) is 13.1. The minimum absolute atomic E-state index is 0.0513. The van der Waals surface area contributed by atoms with E-state index in [1.807, 2.05) is 0 Å². The molecule has 2 aromatic carbocycles. The molecule has 0 fully saturated rings. The Morgan fingerprint density at radius 2 is 1.88 bits per heavy atom. The smallest absolute Gasteiger partial charge is 0.306 e. The molecule has 0 unspecified atom stereocenters. The van der Waals surface area contributed by atoms with E-state index < -0.39 is 23.4 Å². The number of hydrogen-bond acceptors (Lipinski definition) is 5. The van der Waals surface area contributed by atoms with Crippen LogP contribution >= 0.6 is 0 Å². The van der Waals surface area contributed by atoms with Crippen LogP contribution in [0.4, 0.5) is 15.8 Å². The Hall–Kier alpha value is -3.29. The van der Waals surface area contributed by atoms with Gasteiger partial charge >= 0.3 is 5.97 Å². The van der Waals surface area contributed by atoms with Crippen LogP contribution in [-0.4, -0.2) is 23.4 Å². The highest BCUT2D eigenvalue weighted by atomic mass is 19.1. The predicted molar refractivity (Wildman–Crippen MR) is 87.4 cm³/mol. The molecule has 0 spiro atoms. The first-order chi connectivity index (χ1) is 11.9. The van der Waals surface area contributed by atoms with Crippen LogP contribution in [-0.2, 0) is 20.7 Å². The van der Waals surface area contributed by atoms with Gasteiger partial charge in [-0.2, -0.15) is 0 Å². The molecule has 0 aliphatic carbocycles. The Balaban J connectivity index is 1.75. The third-order valence-corrected chi connectivity index (χ3v) is 3.24. The summed E-state index contributed by atoms with van der Waals surface area (Å²) in [5, 5.41) is 13.1. The summed E-state index contributed by atoms with van der Waals surface area (Å²) in [7, 11) is 0. The number of amides is 1. The molecule has 7 nitrogen and oxygen atoms in total. The molecule has 1 amide bonds. The number of benzene rings is 2. The van der Waals surface area contributed by atoms with E-state index in [1.54, 1.807) is 12.1 Å². The average Bonchev–Trinajstić information content (AvgIpc) is 2.59. The molecular weight excluding hydrogens is 331 g/mol. The van der Waals surface area contributed by atoms with E-state index in [0.29, 0.717) is 6.42 Å². The Morgan fingerprint density at radius 1 is 1.16 bits per heavy atom. The average molecular weight is 346 g/mol. The minimum Gasteiger partial charge on any atom is -0.456 e. The number of nitrogens with zero attached hydrogens (tertiary/aromatic N) is 1. The van der Waals surface area contributed by atoms with Gasteiger partial charge in [0, 0.05) is 24.2 Å². The van der Waals surface area contributed by atoms with Crippen molar-refractivity contribution in [3.05, 3.63) is 70.0 Å². The maximum Gasteiger partial charge on any atom is 0.306 e. The van der Waals surface area contributed by atoms with Gasteiger partial charge in [-0.3, -0.25) is 19.7 Å². The molecular formula is C17H15FN2O5. The molecule has 25 heavy (non-hydrogen) atoms. The van der Waals surface area contributed by atoms with Crippen LogP contribution in [0.5, 0.6) is 0 Å². The quantitative estimate of drug-likeness (QED) is 0.472. The summed E-state index contributed by atoms with van der Waals surface area (Å²) in [6.45, 7) is -0.495. The maximum atomic E-state index is 12.8. The SMILES string of the molecule is O=C(COC(=O)CCc1ccc(F)cc1)Nc1cccc([N+](=O)[O-])c1. The molecule has 0 heterocycles. The van der Waals surface area contributed by atoms with E-state index in [0.717, 1.165) is 5.56 Å². The molecule has 8 heteroatoms. The summed E-state index contributed by atoms with van der Waals surface area (Å²) in [5.41, 5.74) is 0.857. The monoisotopic (exact) mass is 346 g/mol. The molecule has 1 N–H and O–H groups in total. The Labute approximate surface area is 142 Å². The van der Waals surface area contributed by atoms with Gasteiger partial charge in [0.2, 0.25) is 0 Å². The fraction of sp³-hybridized carbons (Fsp3) is 0.176. The van der Waals surface area contributed by atoms with Gasteiger partial charge in [-0.15, -0.1) is 0 Å². The van der Waals surface area contributed by atoms with Crippen LogP contribution in [0, 0.1) is 15.9 Å². The Morgan fingerprint density at radius 3 is 2.56 bits per heavy atom. The lowest BCUT2D eigenvalue weighted by molar-refractivity contribution is -0.384. The van der Waals surface area contributed by atoms with Crippen molar-refractivity contribution in [1.29, 1.82) is 0 Å². The van der Waals surface area contributed by atoms with Crippen molar-refractivity contribution in [1.82, 2.24) is 0 Å². The molecule has 0 aliphatic rings. The number of esters is 1. The second-order valence-electron chi connectivity index (χ2n) is 5.14. The lowest BCUT2D eigenvalue weighted by atomic mass is 10.1.